The molecular formula is C12H16N2O3S. The number of rotatable bonds is 4. The molecule has 1 fully saturated rings. The van der Waals surface area contributed by atoms with Crippen LogP contribution in [0.5, 0.6) is 0 Å². The predicted molar refractivity (Wildman–Crippen MR) is 67.7 cm³/mol. The summed E-state index contributed by atoms with van der Waals surface area (Å²) in [7, 11) is 0. The van der Waals surface area contributed by atoms with E-state index in [2.05, 4.69) is 4.98 Å². The number of thiazole rings is 1. The number of carboxylic acid groups (broad SMARTS) is 1. The minimum absolute atomic E-state index is 0.0454. The second-order valence-electron chi connectivity index (χ2n) is 4.45. The molecule has 1 aliphatic rings. The Labute approximate surface area is 109 Å². The molecule has 1 N–H and O–H groups in total. The average molecular weight is 268 g/mol. The molecule has 1 aliphatic heterocycles. The lowest BCUT2D eigenvalue weighted by molar-refractivity contribution is -0.137. The van der Waals surface area contributed by atoms with Crippen molar-refractivity contribution in [2.24, 2.45) is 0 Å². The number of hydrogen-bond donors (Lipinski definition) is 1. The number of nitrogens with zero attached hydrogens (tertiary/aromatic N) is 2. The number of likely N-dealkylation sites (tertiary alicyclic amines) is 1. The Morgan fingerprint density at radius 2 is 2.33 bits per heavy atom. The van der Waals surface area contributed by atoms with E-state index >= 15 is 0 Å². The minimum atomic E-state index is -0.804. The molecule has 0 bridgehead atoms. The molecule has 18 heavy (non-hydrogen) atoms. The van der Waals surface area contributed by atoms with E-state index in [9.17, 15) is 9.59 Å². The molecule has 1 aromatic rings. The van der Waals surface area contributed by atoms with Gasteiger partial charge in [0.15, 0.2) is 0 Å². The number of piperidine rings is 1. The van der Waals surface area contributed by atoms with E-state index in [1.807, 2.05) is 0 Å². The Bertz CT molecular complexity index is 419. The first-order valence-corrected chi connectivity index (χ1v) is 7.03. The SMILES string of the molecule is O=C(O)CCC1CCCCN1C(=O)c1cscn1. The van der Waals surface area contributed by atoms with Crippen LogP contribution >= 0.6 is 11.3 Å². The van der Waals surface area contributed by atoms with Crippen molar-refractivity contribution in [2.45, 2.75) is 38.1 Å². The monoisotopic (exact) mass is 268 g/mol. The molecule has 1 saturated heterocycles. The van der Waals surface area contributed by atoms with Crippen molar-refractivity contribution in [1.29, 1.82) is 0 Å². The van der Waals surface area contributed by atoms with Crippen LogP contribution < -0.4 is 0 Å². The number of hydrogen-bond acceptors (Lipinski definition) is 4. The van der Waals surface area contributed by atoms with Crippen LogP contribution in [0, 0.1) is 0 Å². The van der Waals surface area contributed by atoms with Gasteiger partial charge in [0.05, 0.1) is 5.51 Å². The van der Waals surface area contributed by atoms with Crippen LogP contribution in [0.4, 0.5) is 0 Å². The molecular weight excluding hydrogens is 252 g/mol. The number of carboxylic acids is 1. The molecule has 0 saturated carbocycles. The standard InChI is InChI=1S/C12H16N2O3S/c15-11(16)5-4-9-3-1-2-6-14(9)12(17)10-7-18-8-13-10/h7-9H,1-6H2,(H,15,16). The number of aromatic nitrogens is 1. The Morgan fingerprint density at radius 1 is 1.50 bits per heavy atom. The fraction of sp³-hybridized carbons (Fsp3) is 0.583. The molecule has 2 rings (SSSR count). The lowest BCUT2D eigenvalue weighted by Crippen LogP contribution is -2.44. The molecule has 1 unspecified atom stereocenters. The normalized spacial score (nSPS) is 19.8. The summed E-state index contributed by atoms with van der Waals surface area (Å²) in [6, 6.07) is 0.0454. The van der Waals surface area contributed by atoms with Crippen LogP contribution in [0.2, 0.25) is 0 Å². The van der Waals surface area contributed by atoms with Crippen LogP contribution in [0.15, 0.2) is 10.9 Å². The summed E-state index contributed by atoms with van der Waals surface area (Å²) in [6.45, 7) is 0.709. The van der Waals surface area contributed by atoms with Crippen molar-refractivity contribution in [3.05, 3.63) is 16.6 Å². The molecule has 5 nitrogen and oxygen atoms in total. The van der Waals surface area contributed by atoms with Gasteiger partial charge in [-0.25, -0.2) is 4.98 Å². The zero-order chi connectivity index (χ0) is 13.0. The topological polar surface area (TPSA) is 70.5 Å². The van der Waals surface area contributed by atoms with Gasteiger partial charge >= 0.3 is 5.97 Å². The van der Waals surface area contributed by atoms with Crippen LogP contribution in [0.25, 0.3) is 0 Å². The fourth-order valence-electron chi connectivity index (χ4n) is 2.32. The third-order valence-corrected chi connectivity index (χ3v) is 3.82. The zero-order valence-corrected chi connectivity index (χ0v) is 10.9. The maximum atomic E-state index is 12.2. The van der Waals surface area contributed by atoms with E-state index in [0.717, 1.165) is 19.3 Å². The smallest absolute Gasteiger partial charge is 0.303 e. The van der Waals surface area contributed by atoms with Gasteiger partial charge in [0.1, 0.15) is 5.69 Å². The van der Waals surface area contributed by atoms with Gasteiger partial charge in [0, 0.05) is 24.4 Å². The highest BCUT2D eigenvalue weighted by Crippen LogP contribution is 2.23. The summed E-state index contributed by atoms with van der Waals surface area (Å²) < 4.78 is 0. The molecule has 2 heterocycles. The molecule has 0 spiro atoms. The second-order valence-corrected chi connectivity index (χ2v) is 5.17. The van der Waals surface area contributed by atoms with Crippen molar-refractivity contribution >= 4 is 23.2 Å². The molecule has 0 radical (unpaired) electrons. The van der Waals surface area contributed by atoms with Gasteiger partial charge in [0.25, 0.3) is 5.91 Å². The van der Waals surface area contributed by atoms with E-state index in [1.165, 1.54) is 11.3 Å². The minimum Gasteiger partial charge on any atom is -0.481 e. The summed E-state index contributed by atoms with van der Waals surface area (Å²) in [5.74, 6) is -0.868. The Morgan fingerprint density at radius 3 is 3.00 bits per heavy atom. The first-order chi connectivity index (χ1) is 8.68. The van der Waals surface area contributed by atoms with E-state index in [1.54, 1.807) is 15.8 Å². The third kappa shape index (κ3) is 3.07. The highest BCUT2D eigenvalue weighted by atomic mass is 32.1. The van der Waals surface area contributed by atoms with Crippen molar-refractivity contribution < 1.29 is 14.7 Å². The summed E-state index contributed by atoms with van der Waals surface area (Å²) in [6.07, 6.45) is 3.59. The van der Waals surface area contributed by atoms with Gasteiger partial charge in [-0.2, -0.15) is 0 Å². The van der Waals surface area contributed by atoms with Gasteiger partial charge in [-0.3, -0.25) is 9.59 Å². The maximum Gasteiger partial charge on any atom is 0.303 e. The zero-order valence-electron chi connectivity index (χ0n) is 10.0. The Balaban J connectivity index is 2.03. The Hall–Kier alpha value is -1.43. The summed E-state index contributed by atoms with van der Waals surface area (Å²) in [5, 5.41) is 10.5. The molecule has 1 atom stereocenters. The molecule has 1 amide bonds. The van der Waals surface area contributed by atoms with Gasteiger partial charge < -0.3 is 10.0 Å². The maximum absolute atomic E-state index is 12.2. The lowest BCUT2D eigenvalue weighted by atomic mass is 9.97. The summed E-state index contributed by atoms with van der Waals surface area (Å²) in [5.41, 5.74) is 2.12. The van der Waals surface area contributed by atoms with Gasteiger partial charge in [-0.15, -0.1) is 11.3 Å². The van der Waals surface area contributed by atoms with Crippen LogP contribution in [-0.2, 0) is 4.79 Å². The molecule has 1 aromatic heterocycles. The first-order valence-electron chi connectivity index (χ1n) is 6.09. The van der Waals surface area contributed by atoms with E-state index in [0.29, 0.717) is 18.7 Å². The van der Waals surface area contributed by atoms with Crippen molar-refractivity contribution in [3.63, 3.8) is 0 Å². The van der Waals surface area contributed by atoms with Gasteiger partial charge in [-0.1, -0.05) is 0 Å². The fourth-order valence-corrected chi connectivity index (χ4v) is 2.85. The lowest BCUT2D eigenvalue weighted by Gasteiger charge is -2.35. The van der Waals surface area contributed by atoms with Gasteiger partial charge in [-0.05, 0) is 25.7 Å². The summed E-state index contributed by atoms with van der Waals surface area (Å²) in [4.78, 5) is 28.7. The van der Waals surface area contributed by atoms with E-state index in [4.69, 9.17) is 5.11 Å². The molecule has 6 heteroatoms. The van der Waals surface area contributed by atoms with Gasteiger partial charge in [0.2, 0.25) is 0 Å². The Kier molecular flexibility index (Phi) is 4.30. The van der Waals surface area contributed by atoms with Crippen molar-refractivity contribution in [3.8, 4) is 0 Å². The average Bonchev–Trinajstić information content (AvgIpc) is 2.89. The number of amides is 1. The molecule has 0 aromatic carbocycles. The van der Waals surface area contributed by atoms with Crippen LogP contribution in [0.1, 0.15) is 42.6 Å². The number of aliphatic carboxylic acids is 1. The second kappa shape index (κ2) is 5.95. The number of carbonyl (C=O) groups is 2. The van der Waals surface area contributed by atoms with E-state index in [-0.39, 0.29) is 18.4 Å². The van der Waals surface area contributed by atoms with E-state index < -0.39 is 5.97 Å². The third-order valence-electron chi connectivity index (χ3n) is 3.23. The highest BCUT2D eigenvalue weighted by Gasteiger charge is 2.28. The quantitative estimate of drug-likeness (QED) is 0.906. The predicted octanol–water partition coefficient (Wildman–Crippen LogP) is 2.00. The summed E-state index contributed by atoms with van der Waals surface area (Å²) >= 11 is 1.40. The van der Waals surface area contributed by atoms with Crippen LogP contribution in [0.3, 0.4) is 0 Å². The highest BCUT2D eigenvalue weighted by molar-refractivity contribution is 7.07. The molecule has 98 valence electrons. The van der Waals surface area contributed by atoms with Crippen LogP contribution in [-0.4, -0.2) is 39.5 Å². The van der Waals surface area contributed by atoms with Crippen molar-refractivity contribution in [1.82, 2.24) is 9.88 Å². The number of carbonyl (C=O) groups excluding carboxylic acids is 1. The van der Waals surface area contributed by atoms with Crippen molar-refractivity contribution in [2.75, 3.05) is 6.54 Å². The molecule has 0 aliphatic carbocycles. The largest absolute Gasteiger partial charge is 0.481 e. The first kappa shape index (κ1) is 13.0.